The maximum atomic E-state index is 14.8. The summed E-state index contributed by atoms with van der Waals surface area (Å²) in [5.74, 6) is -2.82. The monoisotopic (exact) mass is 461 g/mol. The molecule has 0 spiro atoms. The van der Waals surface area contributed by atoms with Crippen molar-refractivity contribution in [3.8, 4) is 0 Å². The van der Waals surface area contributed by atoms with Crippen molar-refractivity contribution in [2.45, 2.75) is 12.6 Å². The lowest BCUT2D eigenvalue weighted by Crippen LogP contribution is -2.29. The number of aliphatic hydroxyl groups excluding tert-OH is 1. The van der Waals surface area contributed by atoms with Gasteiger partial charge in [0, 0.05) is 26.0 Å². The van der Waals surface area contributed by atoms with Crippen molar-refractivity contribution >= 4 is 52.0 Å². The molecule has 1 atom stereocenters. The molecule has 2 aromatic carbocycles. The van der Waals surface area contributed by atoms with Gasteiger partial charge in [-0.25, -0.2) is 4.39 Å². The fourth-order valence-corrected chi connectivity index (χ4v) is 4.54. The summed E-state index contributed by atoms with van der Waals surface area (Å²) in [5, 5.41) is 13.3. The maximum Gasteiger partial charge on any atom is 0.295 e. The second kappa shape index (κ2) is 8.22. The average Bonchev–Trinajstić information content (AvgIpc) is 3.31. The van der Waals surface area contributed by atoms with E-state index in [4.69, 9.17) is 23.2 Å². The SMILES string of the molecule is O=C1C(=O)N(Cc2cccs2)C(c2c(F)cccc2Cl)/C1=C(\O)c1ccc(Cl)cc1. The van der Waals surface area contributed by atoms with E-state index >= 15 is 0 Å². The Morgan fingerprint density at radius 1 is 1.07 bits per heavy atom. The van der Waals surface area contributed by atoms with Crippen LogP contribution in [0.25, 0.3) is 5.76 Å². The highest BCUT2D eigenvalue weighted by Crippen LogP contribution is 2.43. The Kier molecular flexibility index (Phi) is 5.64. The number of amides is 1. The zero-order chi connectivity index (χ0) is 21.4. The number of nitrogens with zero attached hydrogens (tertiary/aromatic N) is 1. The molecule has 1 fully saturated rings. The lowest BCUT2D eigenvalue weighted by atomic mass is 9.95. The lowest BCUT2D eigenvalue weighted by molar-refractivity contribution is -0.140. The van der Waals surface area contributed by atoms with Crippen molar-refractivity contribution in [1.82, 2.24) is 4.90 Å². The minimum Gasteiger partial charge on any atom is -0.507 e. The van der Waals surface area contributed by atoms with Gasteiger partial charge in [0.2, 0.25) is 0 Å². The number of ketones is 1. The minimum absolute atomic E-state index is 0.0366. The predicted octanol–water partition coefficient (Wildman–Crippen LogP) is 5.82. The Morgan fingerprint density at radius 2 is 1.80 bits per heavy atom. The predicted molar refractivity (Wildman–Crippen MR) is 115 cm³/mol. The molecule has 0 aliphatic carbocycles. The third-order valence-corrected chi connectivity index (χ3v) is 6.28. The average molecular weight is 462 g/mol. The number of benzene rings is 2. The number of carbonyl (C=O) groups excluding carboxylic acids is 2. The van der Waals surface area contributed by atoms with E-state index < -0.39 is 29.3 Å². The van der Waals surface area contributed by atoms with Crippen molar-refractivity contribution in [3.63, 3.8) is 0 Å². The first-order chi connectivity index (χ1) is 14.4. The zero-order valence-electron chi connectivity index (χ0n) is 15.3. The quantitative estimate of drug-likeness (QED) is 0.302. The molecule has 0 bridgehead atoms. The molecule has 1 aromatic heterocycles. The second-order valence-corrected chi connectivity index (χ2v) is 8.52. The maximum absolute atomic E-state index is 14.8. The molecule has 1 saturated heterocycles. The standard InChI is InChI=1S/C22H14Cl2FNO3S/c23-13-8-6-12(7-9-13)20(27)18-19(17-15(24)4-1-5-16(17)25)26(22(29)21(18)28)11-14-3-2-10-30-14/h1-10,19,27H,11H2/b20-18+. The molecule has 4 rings (SSSR count). The molecule has 1 aliphatic heterocycles. The molecule has 0 radical (unpaired) electrons. The van der Waals surface area contributed by atoms with Crippen molar-refractivity contribution in [2.75, 3.05) is 0 Å². The van der Waals surface area contributed by atoms with Gasteiger partial charge >= 0.3 is 0 Å². The smallest absolute Gasteiger partial charge is 0.295 e. The summed E-state index contributed by atoms with van der Waals surface area (Å²) in [6.07, 6.45) is 0. The van der Waals surface area contributed by atoms with Gasteiger partial charge in [-0.1, -0.05) is 35.3 Å². The third-order valence-electron chi connectivity index (χ3n) is 4.84. The van der Waals surface area contributed by atoms with Crippen LogP contribution in [0.3, 0.4) is 0 Å². The van der Waals surface area contributed by atoms with E-state index in [1.807, 2.05) is 17.5 Å². The van der Waals surface area contributed by atoms with Crippen LogP contribution in [0.1, 0.15) is 22.0 Å². The molecule has 1 unspecified atom stereocenters. The first-order valence-electron chi connectivity index (χ1n) is 8.89. The normalized spacial score (nSPS) is 18.2. The summed E-state index contributed by atoms with van der Waals surface area (Å²) < 4.78 is 14.8. The Bertz CT molecular complexity index is 1140. The van der Waals surface area contributed by atoms with Crippen LogP contribution < -0.4 is 0 Å². The van der Waals surface area contributed by atoms with Gasteiger partial charge in [0.15, 0.2) is 0 Å². The number of rotatable bonds is 4. The zero-order valence-corrected chi connectivity index (χ0v) is 17.6. The molecule has 0 saturated carbocycles. The van der Waals surface area contributed by atoms with Crippen LogP contribution in [0.2, 0.25) is 10.0 Å². The van der Waals surface area contributed by atoms with Gasteiger partial charge in [-0.15, -0.1) is 11.3 Å². The van der Waals surface area contributed by atoms with Crippen LogP contribution in [-0.4, -0.2) is 21.7 Å². The van der Waals surface area contributed by atoms with Crippen molar-refractivity contribution in [1.29, 1.82) is 0 Å². The number of aliphatic hydroxyl groups is 1. The molecule has 3 aromatic rings. The second-order valence-electron chi connectivity index (χ2n) is 6.65. The van der Waals surface area contributed by atoms with Crippen molar-refractivity contribution in [2.24, 2.45) is 0 Å². The number of hydrogen-bond donors (Lipinski definition) is 1. The molecular weight excluding hydrogens is 448 g/mol. The van der Waals surface area contributed by atoms with E-state index in [2.05, 4.69) is 0 Å². The van der Waals surface area contributed by atoms with Crippen LogP contribution in [0.4, 0.5) is 4.39 Å². The Morgan fingerprint density at radius 3 is 2.43 bits per heavy atom. The number of carbonyl (C=O) groups is 2. The number of thiophene rings is 1. The fourth-order valence-electron chi connectivity index (χ4n) is 3.45. The van der Waals surface area contributed by atoms with Crippen LogP contribution in [0, 0.1) is 5.82 Å². The Labute approximate surface area is 185 Å². The lowest BCUT2D eigenvalue weighted by Gasteiger charge is -2.26. The molecule has 2 heterocycles. The van der Waals surface area contributed by atoms with Crippen LogP contribution >= 0.6 is 34.5 Å². The highest BCUT2D eigenvalue weighted by Gasteiger charge is 2.47. The summed E-state index contributed by atoms with van der Waals surface area (Å²) in [6, 6.07) is 12.7. The molecular formula is C22H14Cl2FNO3S. The molecule has 152 valence electrons. The van der Waals surface area contributed by atoms with Gasteiger partial charge in [0.25, 0.3) is 11.7 Å². The van der Waals surface area contributed by atoms with Gasteiger partial charge in [0.1, 0.15) is 11.6 Å². The molecule has 1 amide bonds. The van der Waals surface area contributed by atoms with E-state index in [-0.39, 0.29) is 28.3 Å². The molecule has 8 heteroatoms. The minimum atomic E-state index is -1.17. The van der Waals surface area contributed by atoms with E-state index in [1.165, 1.54) is 46.6 Å². The number of hydrogen-bond acceptors (Lipinski definition) is 4. The fraction of sp³-hybridized carbons (Fsp3) is 0.0909. The first kappa shape index (κ1) is 20.6. The van der Waals surface area contributed by atoms with Gasteiger partial charge in [-0.05, 0) is 47.8 Å². The highest BCUT2D eigenvalue weighted by atomic mass is 35.5. The highest BCUT2D eigenvalue weighted by molar-refractivity contribution is 7.09. The number of halogens is 3. The Hall–Kier alpha value is -2.67. The van der Waals surface area contributed by atoms with Crippen LogP contribution in [-0.2, 0) is 16.1 Å². The summed E-state index contributed by atoms with van der Waals surface area (Å²) >= 11 is 13.6. The molecule has 30 heavy (non-hydrogen) atoms. The third kappa shape index (κ3) is 3.62. The van der Waals surface area contributed by atoms with Crippen molar-refractivity contribution in [3.05, 3.63) is 97.4 Å². The van der Waals surface area contributed by atoms with Crippen molar-refractivity contribution < 1.29 is 19.1 Å². The summed E-state index contributed by atoms with van der Waals surface area (Å²) in [5.41, 5.74) is 0.0299. The largest absolute Gasteiger partial charge is 0.507 e. The Balaban J connectivity index is 1.93. The van der Waals surface area contributed by atoms with E-state index in [0.29, 0.717) is 5.02 Å². The van der Waals surface area contributed by atoms with E-state index in [9.17, 15) is 19.1 Å². The van der Waals surface area contributed by atoms with Gasteiger partial charge in [0.05, 0.1) is 18.2 Å². The summed E-state index contributed by atoms with van der Waals surface area (Å²) in [6.45, 7) is 0.0783. The molecule has 4 nitrogen and oxygen atoms in total. The van der Waals surface area contributed by atoms with E-state index in [0.717, 1.165) is 4.88 Å². The molecule has 1 N–H and O–H groups in total. The molecule has 1 aliphatic rings. The number of likely N-dealkylation sites (tertiary alicyclic amines) is 1. The first-order valence-corrected chi connectivity index (χ1v) is 10.5. The summed E-state index contributed by atoms with van der Waals surface area (Å²) in [7, 11) is 0. The topological polar surface area (TPSA) is 57.6 Å². The van der Waals surface area contributed by atoms with Gasteiger partial charge in [-0.3, -0.25) is 9.59 Å². The van der Waals surface area contributed by atoms with Crippen LogP contribution in [0.15, 0.2) is 65.6 Å². The van der Waals surface area contributed by atoms with Gasteiger partial charge < -0.3 is 10.0 Å². The summed E-state index contributed by atoms with van der Waals surface area (Å²) in [4.78, 5) is 27.9. The number of Topliss-reactive ketones (excluding diaryl/α,β-unsaturated/α-hetero) is 1. The van der Waals surface area contributed by atoms with Crippen LogP contribution in [0.5, 0.6) is 0 Å². The van der Waals surface area contributed by atoms with Gasteiger partial charge in [-0.2, -0.15) is 0 Å². The van der Waals surface area contributed by atoms with E-state index in [1.54, 1.807) is 12.1 Å².